The molecule has 4 heteroatoms. The van der Waals surface area contributed by atoms with Crippen LogP contribution in [0.2, 0.25) is 0 Å². The minimum absolute atomic E-state index is 0.0926. The number of Topliss-reactive ketones (excluding diaryl/α,β-unsaturated/α-hetero) is 1. The molecule has 0 N–H and O–H groups in total. The van der Waals surface area contributed by atoms with Crippen LogP contribution in [0.1, 0.15) is 29.6 Å². The van der Waals surface area contributed by atoms with Crippen molar-refractivity contribution in [1.82, 2.24) is 0 Å². The first-order valence-corrected chi connectivity index (χ1v) is 6.00. The Kier molecular flexibility index (Phi) is 4.32. The highest BCUT2D eigenvalue weighted by Crippen LogP contribution is 2.28. The summed E-state index contributed by atoms with van der Waals surface area (Å²) in [5.74, 6) is 1.22. The lowest BCUT2D eigenvalue weighted by atomic mass is 10.1. The Morgan fingerprint density at radius 3 is 2.67 bits per heavy atom. The minimum Gasteiger partial charge on any atom is -0.468 e. The molecule has 0 spiro atoms. The number of nitriles is 1. The molecule has 0 unspecified atom stereocenters. The van der Waals surface area contributed by atoms with Gasteiger partial charge in [0.1, 0.15) is 5.75 Å². The number of ketones is 1. The molecule has 2 rings (SSSR count). The van der Waals surface area contributed by atoms with Gasteiger partial charge in [-0.1, -0.05) is 0 Å². The Morgan fingerprint density at radius 2 is 2.06 bits per heavy atom. The first-order chi connectivity index (χ1) is 8.79. The van der Waals surface area contributed by atoms with E-state index in [1.807, 2.05) is 6.07 Å². The quantitative estimate of drug-likeness (QED) is 0.421. The molecule has 0 bridgehead atoms. The molecule has 0 atom stereocenters. The Bertz CT molecular complexity index is 443. The van der Waals surface area contributed by atoms with Crippen LogP contribution in [0.15, 0.2) is 24.3 Å². The summed E-state index contributed by atoms with van der Waals surface area (Å²) in [5.41, 5.74) is 0.530. The summed E-state index contributed by atoms with van der Waals surface area (Å²) in [7, 11) is 0. The van der Waals surface area contributed by atoms with E-state index in [1.54, 1.807) is 24.3 Å². The molecule has 0 radical (unpaired) electrons. The maximum atomic E-state index is 11.4. The van der Waals surface area contributed by atoms with E-state index in [-0.39, 0.29) is 19.0 Å². The normalized spacial score (nSPS) is 13.9. The van der Waals surface area contributed by atoms with Gasteiger partial charge in [-0.2, -0.15) is 5.26 Å². The highest BCUT2D eigenvalue weighted by molar-refractivity contribution is 5.97. The van der Waals surface area contributed by atoms with Crippen molar-refractivity contribution in [3.05, 3.63) is 29.8 Å². The lowest BCUT2D eigenvalue weighted by molar-refractivity contribution is 0.00998. The molecule has 0 saturated heterocycles. The zero-order valence-corrected chi connectivity index (χ0v) is 10.1. The predicted octanol–water partition coefficient (Wildman–Crippen LogP) is 2.55. The first kappa shape index (κ1) is 12.6. The Morgan fingerprint density at radius 1 is 1.33 bits per heavy atom. The summed E-state index contributed by atoms with van der Waals surface area (Å²) >= 11 is 0. The third-order valence-corrected chi connectivity index (χ3v) is 2.78. The molecule has 1 fully saturated rings. The average molecular weight is 245 g/mol. The molecule has 0 heterocycles. The standard InChI is InChI=1S/C14H15NO3/c15-8-7-14(16)12-3-5-13(6-4-12)18-10-17-9-11-1-2-11/h3-6,11H,1-2,7,9-10H2. The number of ether oxygens (including phenoxy) is 2. The van der Waals surface area contributed by atoms with Gasteiger partial charge in [0, 0.05) is 5.56 Å². The van der Waals surface area contributed by atoms with Gasteiger partial charge >= 0.3 is 0 Å². The zero-order valence-electron chi connectivity index (χ0n) is 10.1. The van der Waals surface area contributed by atoms with Gasteiger partial charge < -0.3 is 9.47 Å². The molecule has 1 aliphatic carbocycles. The van der Waals surface area contributed by atoms with Gasteiger partial charge in [-0.15, -0.1) is 0 Å². The van der Waals surface area contributed by atoms with Gasteiger partial charge in [-0.25, -0.2) is 0 Å². The Hall–Kier alpha value is -1.86. The summed E-state index contributed by atoms with van der Waals surface area (Å²) in [6.45, 7) is 1.00. The Balaban J connectivity index is 1.75. The van der Waals surface area contributed by atoms with Crippen LogP contribution in [0.5, 0.6) is 5.75 Å². The van der Waals surface area contributed by atoms with Crippen molar-refractivity contribution >= 4 is 5.78 Å². The number of rotatable bonds is 7. The van der Waals surface area contributed by atoms with Gasteiger partial charge in [0.2, 0.25) is 0 Å². The fourth-order valence-electron chi connectivity index (χ4n) is 1.52. The second-order valence-electron chi connectivity index (χ2n) is 4.36. The summed E-state index contributed by atoms with van der Waals surface area (Å²) in [4.78, 5) is 11.4. The van der Waals surface area contributed by atoms with Crippen molar-refractivity contribution in [3.63, 3.8) is 0 Å². The Labute approximate surface area is 106 Å². The van der Waals surface area contributed by atoms with Crippen molar-refractivity contribution < 1.29 is 14.3 Å². The fourth-order valence-corrected chi connectivity index (χ4v) is 1.52. The molecule has 18 heavy (non-hydrogen) atoms. The van der Waals surface area contributed by atoms with Crippen LogP contribution in [0.25, 0.3) is 0 Å². The molecule has 1 aromatic carbocycles. The lowest BCUT2D eigenvalue weighted by Crippen LogP contribution is -2.05. The SMILES string of the molecule is N#CCC(=O)c1ccc(OCOCC2CC2)cc1. The number of hydrogen-bond donors (Lipinski definition) is 0. The number of hydrogen-bond acceptors (Lipinski definition) is 4. The molecule has 4 nitrogen and oxygen atoms in total. The maximum Gasteiger partial charge on any atom is 0.189 e. The van der Waals surface area contributed by atoms with Crippen LogP contribution >= 0.6 is 0 Å². The topological polar surface area (TPSA) is 59.3 Å². The average Bonchev–Trinajstić information content (AvgIpc) is 3.20. The summed E-state index contributed by atoms with van der Waals surface area (Å²) in [5, 5.41) is 8.43. The molecule has 0 aromatic heterocycles. The van der Waals surface area contributed by atoms with Crippen LogP contribution in [-0.2, 0) is 4.74 Å². The lowest BCUT2D eigenvalue weighted by Gasteiger charge is -2.07. The molecule has 1 saturated carbocycles. The van der Waals surface area contributed by atoms with Gasteiger partial charge in [0.25, 0.3) is 0 Å². The van der Waals surface area contributed by atoms with Crippen molar-refractivity contribution in [2.45, 2.75) is 19.3 Å². The molecule has 1 aromatic rings. The fraction of sp³-hybridized carbons (Fsp3) is 0.429. The van der Waals surface area contributed by atoms with Crippen LogP contribution in [0.4, 0.5) is 0 Å². The van der Waals surface area contributed by atoms with Crippen molar-refractivity contribution in [2.24, 2.45) is 5.92 Å². The first-order valence-electron chi connectivity index (χ1n) is 6.00. The third kappa shape index (κ3) is 3.86. The smallest absolute Gasteiger partial charge is 0.189 e. The summed E-state index contributed by atoms with van der Waals surface area (Å²) in [6, 6.07) is 8.59. The van der Waals surface area contributed by atoms with Gasteiger partial charge in [-0.3, -0.25) is 4.79 Å². The van der Waals surface area contributed by atoms with E-state index >= 15 is 0 Å². The number of benzene rings is 1. The number of carbonyl (C=O) groups excluding carboxylic acids is 1. The van der Waals surface area contributed by atoms with Crippen LogP contribution in [-0.4, -0.2) is 19.2 Å². The van der Waals surface area contributed by atoms with E-state index in [0.717, 1.165) is 12.5 Å². The van der Waals surface area contributed by atoms with Crippen molar-refractivity contribution in [2.75, 3.05) is 13.4 Å². The largest absolute Gasteiger partial charge is 0.468 e. The zero-order chi connectivity index (χ0) is 12.8. The van der Waals surface area contributed by atoms with Crippen LogP contribution in [0, 0.1) is 17.2 Å². The van der Waals surface area contributed by atoms with Crippen LogP contribution in [0.3, 0.4) is 0 Å². The number of nitrogens with zero attached hydrogens (tertiary/aromatic N) is 1. The van der Waals surface area contributed by atoms with Gasteiger partial charge in [-0.05, 0) is 43.0 Å². The second-order valence-corrected chi connectivity index (χ2v) is 4.36. The molecule has 1 aliphatic rings. The highest BCUT2D eigenvalue weighted by atomic mass is 16.7. The van der Waals surface area contributed by atoms with Crippen molar-refractivity contribution in [1.29, 1.82) is 5.26 Å². The third-order valence-electron chi connectivity index (χ3n) is 2.78. The number of carbonyl (C=O) groups is 1. The maximum absolute atomic E-state index is 11.4. The van der Waals surface area contributed by atoms with E-state index in [1.165, 1.54) is 12.8 Å². The monoisotopic (exact) mass is 245 g/mol. The van der Waals surface area contributed by atoms with Gasteiger partial charge in [0.15, 0.2) is 12.6 Å². The van der Waals surface area contributed by atoms with Crippen molar-refractivity contribution in [3.8, 4) is 11.8 Å². The molecule has 0 amide bonds. The van der Waals surface area contributed by atoms with Gasteiger partial charge in [0.05, 0.1) is 19.1 Å². The van der Waals surface area contributed by atoms with Crippen LogP contribution < -0.4 is 4.74 Å². The molecule has 0 aliphatic heterocycles. The molecule has 94 valence electrons. The minimum atomic E-state index is -0.172. The second kappa shape index (κ2) is 6.18. The van der Waals surface area contributed by atoms with E-state index < -0.39 is 0 Å². The molecular formula is C14H15NO3. The summed E-state index contributed by atoms with van der Waals surface area (Å²) in [6.07, 6.45) is 2.43. The predicted molar refractivity (Wildman–Crippen MR) is 65.2 cm³/mol. The van der Waals surface area contributed by atoms with E-state index in [0.29, 0.717) is 11.3 Å². The van der Waals surface area contributed by atoms with E-state index in [9.17, 15) is 4.79 Å². The molecular weight excluding hydrogens is 230 g/mol. The van der Waals surface area contributed by atoms with E-state index in [4.69, 9.17) is 14.7 Å². The summed E-state index contributed by atoms with van der Waals surface area (Å²) < 4.78 is 10.7. The van der Waals surface area contributed by atoms with E-state index in [2.05, 4.69) is 0 Å². The highest BCUT2D eigenvalue weighted by Gasteiger charge is 2.21.